The molecule has 0 aliphatic carbocycles. The Kier molecular flexibility index (Phi) is 3.54. The Bertz CT molecular complexity index is 906. The van der Waals surface area contributed by atoms with Crippen molar-refractivity contribution in [3.63, 3.8) is 0 Å². The summed E-state index contributed by atoms with van der Waals surface area (Å²) in [6, 6.07) is 14.1. The van der Waals surface area contributed by atoms with Gasteiger partial charge in [0.2, 0.25) is 5.72 Å². The summed E-state index contributed by atoms with van der Waals surface area (Å²) in [7, 11) is 0. The number of anilines is 1. The fourth-order valence-electron chi connectivity index (χ4n) is 3.21. The maximum atomic E-state index is 13.0. The van der Waals surface area contributed by atoms with Crippen molar-refractivity contribution in [1.29, 1.82) is 0 Å². The summed E-state index contributed by atoms with van der Waals surface area (Å²) in [5.74, 6) is 0.718. The van der Waals surface area contributed by atoms with Gasteiger partial charge in [0, 0.05) is 29.2 Å². The molecular weight excluding hydrogens is 318 g/mol. The molecule has 2 N–H and O–H groups in total. The number of hydrogen-bond donors (Lipinski definition) is 2. The number of imidazole rings is 1. The molecule has 126 valence electrons. The number of H-pyrrole nitrogens is 1. The molecule has 0 saturated carbocycles. The topological polar surface area (TPSA) is 78.4 Å². The number of carbonyl (C=O) groups is 1. The SMILES string of the molecule is CCOc1ccc(N2C(=O)c3ccccc3[C@@]2(O)c2ncc[nH]2)cc1. The number of ether oxygens (including phenoxy) is 1. The van der Waals surface area contributed by atoms with E-state index in [2.05, 4.69) is 9.97 Å². The minimum absolute atomic E-state index is 0.279. The number of nitrogens with one attached hydrogen (secondary N) is 1. The first-order valence-corrected chi connectivity index (χ1v) is 8.05. The van der Waals surface area contributed by atoms with Crippen LogP contribution in [0, 0.1) is 0 Å². The van der Waals surface area contributed by atoms with Crippen molar-refractivity contribution in [2.24, 2.45) is 0 Å². The highest BCUT2D eigenvalue weighted by molar-refractivity contribution is 6.12. The van der Waals surface area contributed by atoms with Gasteiger partial charge in [-0.05, 0) is 37.3 Å². The van der Waals surface area contributed by atoms with E-state index in [4.69, 9.17) is 4.74 Å². The normalized spacial score (nSPS) is 19.1. The standard InChI is InChI=1S/C19H17N3O3/c1-2-25-14-9-7-13(8-10-14)22-17(23)15-5-3-4-6-16(15)19(22,24)18-20-11-12-21-18/h3-12,24H,2H2,1H3,(H,20,21)/t19-/m1/s1. The second-order valence-corrected chi connectivity index (χ2v) is 5.72. The molecule has 1 aromatic heterocycles. The van der Waals surface area contributed by atoms with E-state index in [9.17, 15) is 9.90 Å². The van der Waals surface area contributed by atoms with Gasteiger partial charge in [-0.3, -0.25) is 9.69 Å². The number of benzene rings is 2. The number of hydrogen-bond acceptors (Lipinski definition) is 4. The van der Waals surface area contributed by atoms with Gasteiger partial charge < -0.3 is 14.8 Å². The first kappa shape index (κ1) is 15.4. The van der Waals surface area contributed by atoms with Gasteiger partial charge >= 0.3 is 0 Å². The van der Waals surface area contributed by atoms with E-state index >= 15 is 0 Å². The highest BCUT2D eigenvalue weighted by Crippen LogP contribution is 2.43. The van der Waals surface area contributed by atoms with Crippen LogP contribution < -0.4 is 9.64 Å². The highest BCUT2D eigenvalue weighted by Gasteiger charge is 2.52. The van der Waals surface area contributed by atoms with Crippen molar-refractivity contribution in [3.8, 4) is 5.75 Å². The summed E-state index contributed by atoms with van der Waals surface area (Å²) in [4.78, 5) is 21.5. The second-order valence-electron chi connectivity index (χ2n) is 5.72. The van der Waals surface area contributed by atoms with E-state index in [0.29, 0.717) is 35.0 Å². The summed E-state index contributed by atoms with van der Waals surface area (Å²) in [5, 5.41) is 11.5. The third-order valence-electron chi connectivity index (χ3n) is 4.29. The highest BCUT2D eigenvalue weighted by atomic mass is 16.5. The maximum absolute atomic E-state index is 13.0. The molecular formula is C19H17N3O3. The van der Waals surface area contributed by atoms with E-state index < -0.39 is 5.72 Å². The Labute approximate surface area is 144 Å². The number of nitrogens with zero attached hydrogens (tertiary/aromatic N) is 2. The number of fused-ring (bicyclic) bond motifs is 1. The van der Waals surface area contributed by atoms with Gasteiger partial charge in [0.1, 0.15) is 5.75 Å². The van der Waals surface area contributed by atoms with Crippen molar-refractivity contribution in [1.82, 2.24) is 9.97 Å². The lowest BCUT2D eigenvalue weighted by Crippen LogP contribution is -2.45. The molecule has 6 nitrogen and oxygen atoms in total. The van der Waals surface area contributed by atoms with Crippen LogP contribution in [0.25, 0.3) is 0 Å². The zero-order chi connectivity index (χ0) is 17.4. The summed E-state index contributed by atoms with van der Waals surface area (Å²) >= 11 is 0. The smallest absolute Gasteiger partial charge is 0.261 e. The first-order chi connectivity index (χ1) is 12.2. The summed E-state index contributed by atoms with van der Waals surface area (Å²) < 4.78 is 5.45. The van der Waals surface area contributed by atoms with Crippen LogP contribution in [0.1, 0.15) is 28.7 Å². The lowest BCUT2D eigenvalue weighted by molar-refractivity contribution is 0.0652. The van der Waals surface area contributed by atoms with Crippen LogP contribution in [0.5, 0.6) is 5.75 Å². The van der Waals surface area contributed by atoms with Crippen LogP contribution in [-0.4, -0.2) is 27.6 Å². The predicted molar refractivity (Wildman–Crippen MR) is 92.4 cm³/mol. The maximum Gasteiger partial charge on any atom is 0.261 e. The van der Waals surface area contributed by atoms with E-state index in [-0.39, 0.29) is 5.91 Å². The van der Waals surface area contributed by atoms with Crippen LogP contribution >= 0.6 is 0 Å². The summed E-state index contributed by atoms with van der Waals surface area (Å²) in [5.41, 5.74) is -0.174. The van der Waals surface area contributed by atoms with E-state index in [0.717, 1.165) is 0 Å². The first-order valence-electron chi connectivity index (χ1n) is 8.05. The third-order valence-corrected chi connectivity index (χ3v) is 4.29. The minimum atomic E-state index is -1.69. The lowest BCUT2D eigenvalue weighted by Gasteiger charge is -2.32. The Balaban J connectivity index is 1.87. The largest absolute Gasteiger partial charge is 0.494 e. The molecule has 1 aliphatic heterocycles. The van der Waals surface area contributed by atoms with Crippen LogP contribution in [0.4, 0.5) is 5.69 Å². The molecule has 0 bridgehead atoms. The molecule has 0 fully saturated rings. The summed E-state index contributed by atoms with van der Waals surface area (Å²) in [6.07, 6.45) is 3.17. The third kappa shape index (κ3) is 2.22. The van der Waals surface area contributed by atoms with Gasteiger partial charge in [0.15, 0.2) is 5.82 Å². The van der Waals surface area contributed by atoms with Gasteiger partial charge in [-0.2, -0.15) is 0 Å². The molecule has 4 rings (SSSR count). The monoisotopic (exact) mass is 335 g/mol. The Morgan fingerprint density at radius 3 is 2.64 bits per heavy atom. The fraction of sp³-hybridized carbons (Fsp3) is 0.158. The average Bonchev–Trinajstić information content (AvgIpc) is 3.25. The molecule has 25 heavy (non-hydrogen) atoms. The number of rotatable bonds is 4. The van der Waals surface area contributed by atoms with Crippen molar-refractivity contribution >= 4 is 11.6 Å². The lowest BCUT2D eigenvalue weighted by atomic mass is 10.0. The second kappa shape index (κ2) is 5.75. The zero-order valence-corrected chi connectivity index (χ0v) is 13.6. The molecule has 0 saturated heterocycles. The van der Waals surface area contributed by atoms with E-state index in [1.165, 1.54) is 4.90 Å². The Morgan fingerprint density at radius 2 is 1.96 bits per heavy atom. The van der Waals surface area contributed by atoms with Gasteiger partial charge in [-0.15, -0.1) is 0 Å². The van der Waals surface area contributed by atoms with Crippen molar-refractivity contribution in [2.75, 3.05) is 11.5 Å². The Hall–Kier alpha value is -3.12. The number of carbonyl (C=O) groups excluding carboxylic acids is 1. The van der Waals surface area contributed by atoms with E-state index in [1.54, 1.807) is 60.9 Å². The van der Waals surface area contributed by atoms with E-state index in [1.807, 2.05) is 6.92 Å². The molecule has 0 unspecified atom stereocenters. The molecule has 3 aromatic rings. The van der Waals surface area contributed by atoms with Gasteiger partial charge in [-0.1, -0.05) is 18.2 Å². The quantitative estimate of drug-likeness (QED) is 0.768. The van der Waals surface area contributed by atoms with Crippen LogP contribution in [0.3, 0.4) is 0 Å². The minimum Gasteiger partial charge on any atom is -0.494 e. The van der Waals surface area contributed by atoms with Gasteiger partial charge in [-0.25, -0.2) is 4.98 Å². The van der Waals surface area contributed by atoms with Crippen molar-refractivity contribution in [3.05, 3.63) is 77.9 Å². The number of aromatic amines is 1. The molecule has 1 amide bonds. The molecule has 2 heterocycles. The molecule has 6 heteroatoms. The number of aliphatic hydroxyl groups is 1. The zero-order valence-electron chi connectivity index (χ0n) is 13.6. The van der Waals surface area contributed by atoms with Crippen molar-refractivity contribution < 1.29 is 14.6 Å². The van der Waals surface area contributed by atoms with Gasteiger partial charge in [0.25, 0.3) is 5.91 Å². The molecule has 1 atom stereocenters. The molecule has 0 radical (unpaired) electrons. The van der Waals surface area contributed by atoms with Crippen LogP contribution in [-0.2, 0) is 5.72 Å². The predicted octanol–water partition coefficient (Wildman–Crippen LogP) is 2.66. The number of amides is 1. The van der Waals surface area contributed by atoms with Crippen molar-refractivity contribution in [2.45, 2.75) is 12.6 Å². The summed E-state index contributed by atoms with van der Waals surface area (Å²) in [6.45, 7) is 2.47. The number of aromatic nitrogens is 2. The molecule has 1 aliphatic rings. The van der Waals surface area contributed by atoms with Crippen LogP contribution in [0.2, 0.25) is 0 Å². The average molecular weight is 335 g/mol. The van der Waals surface area contributed by atoms with Gasteiger partial charge in [0.05, 0.1) is 6.61 Å². The molecule has 0 spiro atoms. The fourth-order valence-corrected chi connectivity index (χ4v) is 3.21. The van der Waals surface area contributed by atoms with Crippen LogP contribution in [0.15, 0.2) is 60.9 Å². The Morgan fingerprint density at radius 1 is 1.20 bits per heavy atom. The molecule has 2 aromatic carbocycles.